The van der Waals surface area contributed by atoms with E-state index in [0.29, 0.717) is 5.92 Å². The van der Waals surface area contributed by atoms with Crippen molar-refractivity contribution >= 4 is 5.69 Å². The van der Waals surface area contributed by atoms with Crippen molar-refractivity contribution in [1.82, 2.24) is 0 Å². The van der Waals surface area contributed by atoms with Gasteiger partial charge >= 0.3 is 0 Å². The van der Waals surface area contributed by atoms with E-state index in [1.54, 1.807) is 0 Å². The van der Waals surface area contributed by atoms with Crippen LogP contribution in [0.15, 0.2) is 48.5 Å². The Bertz CT molecular complexity index is 574. The van der Waals surface area contributed by atoms with E-state index in [1.165, 1.54) is 22.4 Å². The Morgan fingerprint density at radius 1 is 1.10 bits per heavy atom. The summed E-state index contributed by atoms with van der Waals surface area (Å²) < 4.78 is 0. The summed E-state index contributed by atoms with van der Waals surface area (Å²) >= 11 is 0. The van der Waals surface area contributed by atoms with E-state index in [2.05, 4.69) is 60.4 Å². The minimum Gasteiger partial charge on any atom is -0.366 e. The molecule has 0 radical (unpaired) electrons. The topological polar surface area (TPSA) is 29.3 Å². The minimum atomic E-state index is 0.585. The monoisotopic (exact) mass is 266 g/mol. The van der Waals surface area contributed by atoms with Crippen LogP contribution >= 0.6 is 0 Å². The van der Waals surface area contributed by atoms with Gasteiger partial charge in [-0.1, -0.05) is 48.0 Å². The van der Waals surface area contributed by atoms with E-state index in [1.807, 2.05) is 0 Å². The molecule has 0 fully saturated rings. The van der Waals surface area contributed by atoms with Gasteiger partial charge in [0.05, 0.1) is 0 Å². The van der Waals surface area contributed by atoms with Gasteiger partial charge in [-0.05, 0) is 37.1 Å². The molecule has 0 spiro atoms. The van der Waals surface area contributed by atoms with Crippen LogP contribution in [0.5, 0.6) is 0 Å². The molecule has 2 nitrogen and oxygen atoms in total. The summed E-state index contributed by atoms with van der Waals surface area (Å²) in [4.78, 5) is 2.49. The van der Waals surface area contributed by atoms with E-state index in [4.69, 9.17) is 5.73 Å². The van der Waals surface area contributed by atoms with E-state index in [9.17, 15) is 0 Å². The maximum absolute atomic E-state index is 5.76. The average molecular weight is 266 g/mol. The number of anilines is 1. The lowest BCUT2D eigenvalue weighted by atomic mass is 9.98. The fourth-order valence-electron chi connectivity index (χ4n) is 3.10. The second-order valence-electron chi connectivity index (χ2n) is 5.70. The Hall–Kier alpha value is -1.80. The van der Waals surface area contributed by atoms with Gasteiger partial charge in [0, 0.05) is 24.7 Å². The van der Waals surface area contributed by atoms with Crippen molar-refractivity contribution in [2.45, 2.75) is 25.8 Å². The van der Waals surface area contributed by atoms with Gasteiger partial charge in [-0.2, -0.15) is 0 Å². The summed E-state index contributed by atoms with van der Waals surface area (Å²) in [6.45, 7) is 4.96. The molecule has 1 aliphatic heterocycles. The van der Waals surface area contributed by atoms with Gasteiger partial charge in [-0.25, -0.2) is 0 Å². The standard InChI is InChI=1S/C18H22N2/c1-14-6-8-15(9-7-14)12-20-13-16(10-11-19)17-4-2-3-5-18(17)20/h2-9,16H,10-13,19H2,1H3. The second kappa shape index (κ2) is 5.68. The zero-order valence-corrected chi connectivity index (χ0v) is 12.0. The molecule has 0 bridgehead atoms. The number of rotatable bonds is 4. The molecule has 0 aliphatic carbocycles. The Morgan fingerprint density at radius 3 is 2.60 bits per heavy atom. The first-order chi connectivity index (χ1) is 9.78. The first kappa shape index (κ1) is 13.2. The first-order valence-corrected chi connectivity index (χ1v) is 7.37. The molecule has 20 heavy (non-hydrogen) atoms. The molecule has 0 amide bonds. The van der Waals surface area contributed by atoms with Crippen LogP contribution in [-0.2, 0) is 6.54 Å². The SMILES string of the molecule is Cc1ccc(CN2CC(CCN)c3ccccc32)cc1. The first-order valence-electron chi connectivity index (χ1n) is 7.37. The van der Waals surface area contributed by atoms with Crippen LogP contribution in [0.3, 0.4) is 0 Å². The average Bonchev–Trinajstić information content (AvgIpc) is 2.81. The Balaban J connectivity index is 1.82. The normalized spacial score (nSPS) is 17.3. The second-order valence-corrected chi connectivity index (χ2v) is 5.70. The molecular weight excluding hydrogens is 244 g/mol. The molecule has 1 unspecified atom stereocenters. The number of fused-ring (bicyclic) bond motifs is 1. The molecular formula is C18H22N2. The Morgan fingerprint density at radius 2 is 1.85 bits per heavy atom. The predicted octanol–water partition coefficient (Wildman–Crippen LogP) is 3.45. The lowest BCUT2D eigenvalue weighted by Gasteiger charge is -2.20. The summed E-state index contributed by atoms with van der Waals surface area (Å²) in [6.07, 6.45) is 1.07. The fourth-order valence-corrected chi connectivity index (χ4v) is 3.10. The number of nitrogens with two attached hydrogens (primary N) is 1. The van der Waals surface area contributed by atoms with E-state index in [-0.39, 0.29) is 0 Å². The van der Waals surface area contributed by atoms with Crippen molar-refractivity contribution in [2.24, 2.45) is 5.73 Å². The number of nitrogens with zero attached hydrogens (tertiary/aromatic N) is 1. The van der Waals surface area contributed by atoms with Crippen LogP contribution in [0.1, 0.15) is 29.0 Å². The van der Waals surface area contributed by atoms with Gasteiger partial charge in [0.25, 0.3) is 0 Å². The zero-order valence-electron chi connectivity index (χ0n) is 12.0. The highest BCUT2D eigenvalue weighted by atomic mass is 15.2. The number of hydrogen-bond donors (Lipinski definition) is 1. The minimum absolute atomic E-state index is 0.585. The Kier molecular flexibility index (Phi) is 3.75. The van der Waals surface area contributed by atoms with Crippen molar-refractivity contribution in [3.8, 4) is 0 Å². The molecule has 0 aromatic heterocycles. The lowest BCUT2D eigenvalue weighted by molar-refractivity contribution is 0.644. The van der Waals surface area contributed by atoms with Gasteiger partial charge < -0.3 is 10.6 Å². The highest BCUT2D eigenvalue weighted by Gasteiger charge is 2.27. The summed E-state index contributed by atoms with van der Waals surface area (Å²) in [6, 6.07) is 17.6. The van der Waals surface area contributed by atoms with Gasteiger partial charge in [0.2, 0.25) is 0 Å². The lowest BCUT2D eigenvalue weighted by Crippen LogP contribution is -2.22. The molecule has 1 atom stereocenters. The third kappa shape index (κ3) is 2.56. The van der Waals surface area contributed by atoms with E-state index >= 15 is 0 Å². The van der Waals surface area contributed by atoms with Crippen LogP contribution in [-0.4, -0.2) is 13.1 Å². The van der Waals surface area contributed by atoms with Crippen molar-refractivity contribution in [3.05, 3.63) is 65.2 Å². The summed E-state index contributed by atoms with van der Waals surface area (Å²) in [5.74, 6) is 0.585. The van der Waals surface area contributed by atoms with Crippen LogP contribution in [0.2, 0.25) is 0 Å². The molecule has 2 aromatic carbocycles. The molecule has 104 valence electrons. The van der Waals surface area contributed by atoms with E-state index in [0.717, 1.165) is 26.1 Å². The quantitative estimate of drug-likeness (QED) is 0.918. The van der Waals surface area contributed by atoms with E-state index < -0.39 is 0 Å². The molecule has 2 N–H and O–H groups in total. The van der Waals surface area contributed by atoms with Crippen molar-refractivity contribution in [1.29, 1.82) is 0 Å². The van der Waals surface area contributed by atoms with Crippen LogP contribution in [0, 0.1) is 6.92 Å². The van der Waals surface area contributed by atoms with Crippen molar-refractivity contribution < 1.29 is 0 Å². The molecule has 0 saturated heterocycles. The Labute approximate surface area is 121 Å². The van der Waals surface area contributed by atoms with Gasteiger partial charge in [0.15, 0.2) is 0 Å². The van der Waals surface area contributed by atoms with Gasteiger partial charge in [0.1, 0.15) is 0 Å². The predicted molar refractivity (Wildman–Crippen MR) is 85.1 cm³/mol. The van der Waals surface area contributed by atoms with Gasteiger partial charge in [-0.15, -0.1) is 0 Å². The van der Waals surface area contributed by atoms with Gasteiger partial charge in [-0.3, -0.25) is 0 Å². The van der Waals surface area contributed by atoms with Crippen LogP contribution in [0.4, 0.5) is 5.69 Å². The third-order valence-electron chi connectivity index (χ3n) is 4.17. The molecule has 1 heterocycles. The molecule has 2 heteroatoms. The third-order valence-corrected chi connectivity index (χ3v) is 4.17. The largest absolute Gasteiger partial charge is 0.366 e. The molecule has 1 aliphatic rings. The summed E-state index contributed by atoms with van der Waals surface area (Å²) in [5.41, 5.74) is 11.3. The smallest absolute Gasteiger partial charge is 0.0429 e. The van der Waals surface area contributed by atoms with Crippen LogP contribution < -0.4 is 10.6 Å². The maximum Gasteiger partial charge on any atom is 0.0429 e. The highest BCUT2D eigenvalue weighted by molar-refractivity contribution is 5.60. The number of hydrogen-bond acceptors (Lipinski definition) is 2. The van der Waals surface area contributed by atoms with Crippen molar-refractivity contribution in [3.63, 3.8) is 0 Å². The molecule has 3 rings (SSSR count). The number of benzene rings is 2. The summed E-state index contributed by atoms with van der Waals surface area (Å²) in [7, 11) is 0. The van der Waals surface area contributed by atoms with Crippen molar-refractivity contribution in [2.75, 3.05) is 18.0 Å². The number of para-hydroxylation sites is 1. The number of aryl methyl sites for hydroxylation is 1. The fraction of sp³-hybridized carbons (Fsp3) is 0.333. The maximum atomic E-state index is 5.76. The van der Waals surface area contributed by atoms with Crippen LogP contribution in [0.25, 0.3) is 0 Å². The summed E-state index contributed by atoms with van der Waals surface area (Å²) in [5, 5.41) is 0. The molecule has 0 saturated carbocycles. The molecule has 2 aromatic rings. The zero-order chi connectivity index (χ0) is 13.9. The highest BCUT2D eigenvalue weighted by Crippen LogP contribution is 2.38.